The zero-order chi connectivity index (χ0) is 27.3. The number of carbonyl (C=O) groups excluding carboxylic acids is 1. The molecule has 7 rings (SSSR count). The number of piperazine rings is 1. The number of likely N-dealkylation sites (tertiary alicyclic amines) is 1. The number of amides is 1. The number of rotatable bonds is 6. The second-order valence-corrected chi connectivity index (χ2v) is 12.4. The Balaban J connectivity index is 0.901. The largest absolute Gasteiger partial charge is 0.490 e. The van der Waals surface area contributed by atoms with Gasteiger partial charge in [0.15, 0.2) is 0 Å². The Labute approximate surface area is 240 Å². The summed E-state index contributed by atoms with van der Waals surface area (Å²) in [6.07, 6.45) is 5.20. The van der Waals surface area contributed by atoms with E-state index in [0.29, 0.717) is 22.1 Å². The zero-order valence-electron chi connectivity index (χ0n) is 22.7. The molecule has 2 aliphatic carbocycles. The molecule has 0 aromatic heterocycles. The summed E-state index contributed by atoms with van der Waals surface area (Å²) in [5.41, 5.74) is 1.65. The molecule has 0 radical (unpaired) electrons. The lowest BCUT2D eigenvalue weighted by molar-refractivity contribution is -0.295. The van der Waals surface area contributed by atoms with Crippen molar-refractivity contribution in [2.45, 2.75) is 50.3 Å². The van der Waals surface area contributed by atoms with Crippen molar-refractivity contribution in [3.8, 4) is 17.6 Å². The normalized spacial score (nSPS) is 29.6. The highest BCUT2D eigenvalue weighted by Crippen LogP contribution is 2.68. The number of halogens is 1. The Bertz CT molecular complexity index is 1290. The van der Waals surface area contributed by atoms with Crippen LogP contribution in [0.1, 0.15) is 37.7 Å². The van der Waals surface area contributed by atoms with Crippen LogP contribution in [0.25, 0.3) is 0 Å². The maximum Gasteiger partial charge on any atom is 0.415 e. The smallest absolute Gasteiger partial charge is 0.415 e. The number of anilines is 1. The molecule has 8 nitrogen and oxygen atoms in total. The number of nitrogens with one attached hydrogen (secondary N) is 1. The number of piperidine rings is 3. The van der Waals surface area contributed by atoms with E-state index in [9.17, 15) is 4.79 Å². The summed E-state index contributed by atoms with van der Waals surface area (Å²) in [5.74, 6) is 2.10. The number of ether oxygens (including phenoxy) is 2. The molecule has 0 bridgehead atoms. The Kier molecular flexibility index (Phi) is 6.77. The number of hydrogen-bond donors (Lipinski definition) is 1. The minimum absolute atomic E-state index is 0.0271. The molecule has 5 fully saturated rings. The van der Waals surface area contributed by atoms with Crippen LogP contribution in [0.2, 0.25) is 5.02 Å². The van der Waals surface area contributed by atoms with Gasteiger partial charge in [-0.2, -0.15) is 5.26 Å². The van der Waals surface area contributed by atoms with E-state index in [4.69, 9.17) is 26.3 Å². The third kappa shape index (κ3) is 4.39. The van der Waals surface area contributed by atoms with Gasteiger partial charge in [-0.1, -0.05) is 11.6 Å². The Morgan fingerprint density at radius 3 is 2.42 bits per heavy atom. The quantitative estimate of drug-likeness (QED) is 0.555. The van der Waals surface area contributed by atoms with Gasteiger partial charge in [0.2, 0.25) is 0 Å². The van der Waals surface area contributed by atoms with Crippen LogP contribution in [0, 0.1) is 22.7 Å². The molecule has 3 heterocycles. The van der Waals surface area contributed by atoms with Crippen molar-refractivity contribution in [2.24, 2.45) is 11.3 Å². The van der Waals surface area contributed by atoms with Crippen LogP contribution in [0.4, 0.5) is 10.5 Å². The van der Waals surface area contributed by atoms with Crippen molar-refractivity contribution < 1.29 is 14.3 Å². The van der Waals surface area contributed by atoms with E-state index in [1.807, 2.05) is 17.0 Å². The summed E-state index contributed by atoms with van der Waals surface area (Å²) in [6.45, 7) is 7.80. The molecular formula is C31H36ClN5O3. The number of nitrogens with zero attached hydrogens (tertiary/aromatic N) is 4. The van der Waals surface area contributed by atoms with Gasteiger partial charge in [0.25, 0.3) is 0 Å². The van der Waals surface area contributed by atoms with Crippen molar-refractivity contribution in [3.05, 3.63) is 53.1 Å². The third-order valence-electron chi connectivity index (χ3n) is 10.1. The average molecular weight is 562 g/mol. The monoisotopic (exact) mass is 561 g/mol. The molecule has 1 amide bonds. The van der Waals surface area contributed by atoms with E-state index in [-0.39, 0.29) is 29.7 Å². The van der Waals surface area contributed by atoms with Gasteiger partial charge in [-0.15, -0.1) is 0 Å². The molecule has 2 aromatic rings. The van der Waals surface area contributed by atoms with E-state index < -0.39 is 0 Å². The van der Waals surface area contributed by atoms with Crippen LogP contribution in [0.15, 0.2) is 42.5 Å². The van der Waals surface area contributed by atoms with Crippen molar-refractivity contribution >= 4 is 23.4 Å². The first kappa shape index (κ1) is 25.9. The first-order valence-corrected chi connectivity index (χ1v) is 15.1. The van der Waals surface area contributed by atoms with Crippen LogP contribution in [0.3, 0.4) is 0 Å². The lowest BCUT2D eigenvalue weighted by Crippen LogP contribution is -2.88. The van der Waals surface area contributed by atoms with Crippen LogP contribution in [-0.4, -0.2) is 79.9 Å². The van der Waals surface area contributed by atoms with Gasteiger partial charge < -0.3 is 24.6 Å². The van der Waals surface area contributed by atoms with Gasteiger partial charge in [-0.25, -0.2) is 4.79 Å². The van der Waals surface area contributed by atoms with E-state index >= 15 is 0 Å². The van der Waals surface area contributed by atoms with Gasteiger partial charge >= 0.3 is 6.09 Å². The summed E-state index contributed by atoms with van der Waals surface area (Å²) in [4.78, 5) is 20.1. The van der Waals surface area contributed by atoms with E-state index in [0.717, 1.165) is 64.4 Å². The molecule has 1 N–H and O–H groups in total. The van der Waals surface area contributed by atoms with Crippen LogP contribution >= 0.6 is 11.6 Å². The average Bonchev–Trinajstić information content (AvgIpc) is 2.95. The molecule has 2 aromatic carbocycles. The molecule has 3 aliphatic heterocycles. The fourth-order valence-corrected chi connectivity index (χ4v) is 7.92. The summed E-state index contributed by atoms with van der Waals surface area (Å²) in [5, 5.41) is 13.0. The number of nitriles is 1. The third-order valence-corrected chi connectivity index (χ3v) is 10.4. The van der Waals surface area contributed by atoms with Crippen molar-refractivity contribution in [3.63, 3.8) is 0 Å². The lowest BCUT2D eigenvalue weighted by Gasteiger charge is -2.77. The molecule has 9 heteroatoms. The van der Waals surface area contributed by atoms with Crippen molar-refractivity contribution in [1.82, 2.24) is 15.1 Å². The van der Waals surface area contributed by atoms with E-state index in [1.165, 1.54) is 25.1 Å². The van der Waals surface area contributed by atoms with Crippen LogP contribution in [-0.2, 0) is 0 Å². The summed E-state index contributed by atoms with van der Waals surface area (Å²) in [7, 11) is 0. The predicted molar refractivity (Wildman–Crippen MR) is 153 cm³/mol. The zero-order valence-corrected chi connectivity index (χ0v) is 23.5. The van der Waals surface area contributed by atoms with Gasteiger partial charge in [-0.05, 0) is 81.1 Å². The van der Waals surface area contributed by atoms with Gasteiger partial charge in [0.05, 0.1) is 16.6 Å². The standard InChI is InChI=1S/C31H36ClN5O3/c32-26-17-25(4-1-22(26)19-33)39-29-18-28-31(29)10-7-27(31)37(28)30(38)40-24-5-2-23(3-6-24)36-15-13-35(14-16-36)20-21-8-11-34-12-9-21/h1-6,17,21,27-29,34H,7-16,18,20H2. The minimum Gasteiger partial charge on any atom is -0.490 e. The Hall–Kier alpha value is -2.99. The number of hydrogen-bond acceptors (Lipinski definition) is 7. The fraction of sp³-hybridized carbons (Fsp3) is 0.548. The molecule has 4 unspecified atom stereocenters. The topological polar surface area (TPSA) is 81.1 Å². The maximum atomic E-state index is 13.1. The second kappa shape index (κ2) is 10.4. The Morgan fingerprint density at radius 1 is 1.02 bits per heavy atom. The number of benzene rings is 2. The summed E-state index contributed by atoms with van der Waals surface area (Å²) < 4.78 is 12.1. The Morgan fingerprint density at radius 2 is 1.77 bits per heavy atom. The first-order valence-electron chi connectivity index (χ1n) is 14.7. The fourth-order valence-electron chi connectivity index (χ4n) is 7.71. The number of carbonyl (C=O) groups is 1. The molecular weight excluding hydrogens is 526 g/mol. The minimum atomic E-state index is -0.260. The van der Waals surface area contributed by atoms with Crippen molar-refractivity contribution in [2.75, 3.05) is 50.7 Å². The first-order chi connectivity index (χ1) is 19.5. The van der Waals surface area contributed by atoms with E-state index in [2.05, 4.69) is 33.3 Å². The van der Waals surface area contributed by atoms with Crippen LogP contribution in [0.5, 0.6) is 11.5 Å². The van der Waals surface area contributed by atoms with Gasteiger partial charge in [0, 0.05) is 62.4 Å². The summed E-state index contributed by atoms with van der Waals surface area (Å²) in [6, 6.07) is 15.6. The highest BCUT2D eigenvalue weighted by molar-refractivity contribution is 6.31. The SMILES string of the molecule is N#Cc1ccc(OC2CC3N(C(=O)Oc4ccc(N5CCN(CC6CCNCC6)CC5)cc4)C4CCC243)cc1Cl. The molecule has 40 heavy (non-hydrogen) atoms. The van der Waals surface area contributed by atoms with Crippen LogP contribution < -0.4 is 19.7 Å². The predicted octanol–water partition coefficient (Wildman–Crippen LogP) is 4.52. The highest BCUT2D eigenvalue weighted by atomic mass is 35.5. The summed E-state index contributed by atoms with van der Waals surface area (Å²) >= 11 is 6.19. The molecule has 3 saturated heterocycles. The molecule has 2 saturated carbocycles. The van der Waals surface area contributed by atoms with Gasteiger partial charge in [0.1, 0.15) is 23.7 Å². The molecule has 210 valence electrons. The molecule has 5 aliphatic rings. The van der Waals surface area contributed by atoms with Crippen molar-refractivity contribution in [1.29, 1.82) is 5.26 Å². The molecule has 4 atom stereocenters. The van der Waals surface area contributed by atoms with Gasteiger partial charge in [-0.3, -0.25) is 4.90 Å². The molecule has 1 spiro atoms. The maximum absolute atomic E-state index is 13.1. The lowest BCUT2D eigenvalue weighted by atomic mass is 9.41. The second-order valence-electron chi connectivity index (χ2n) is 12.0. The highest BCUT2D eigenvalue weighted by Gasteiger charge is 2.78. The van der Waals surface area contributed by atoms with E-state index in [1.54, 1.807) is 18.2 Å².